The molecule has 2 aromatic heterocycles. The van der Waals surface area contributed by atoms with Crippen LogP contribution in [-0.2, 0) is 6.54 Å². The molecule has 2 heterocycles. The third kappa shape index (κ3) is 3.37. The maximum atomic E-state index is 12.3. The van der Waals surface area contributed by atoms with Crippen molar-refractivity contribution in [2.24, 2.45) is 0 Å². The Kier molecular flexibility index (Phi) is 4.34. The lowest BCUT2D eigenvalue weighted by atomic mass is 10.2. The quantitative estimate of drug-likeness (QED) is 0.736. The van der Waals surface area contributed by atoms with E-state index in [9.17, 15) is 4.79 Å². The zero-order valence-corrected chi connectivity index (χ0v) is 13.1. The van der Waals surface area contributed by atoms with E-state index in [0.29, 0.717) is 27.9 Å². The van der Waals surface area contributed by atoms with Crippen molar-refractivity contribution in [3.05, 3.63) is 65.3 Å². The summed E-state index contributed by atoms with van der Waals surface area (Å²) >= 11 is 6.11. The molecule has 0 saturated carbocycles. The number of rotatable bonds is 4. The SMILES string of the molecule is CN(Cc1nc(-c2ccccc2Cl)no1)C(=O)c1cccnc1. The largest absolute Gasteiger partial charge is 0.337 e. The molecular formula is C16H13ClN4O2. The van der Waals surface area contributed by atoms with Crippen LogP contribution in [0.1, 0.15) is 16.2 Å². The first kappa shape index (κ1) is 15.2. The van der Waals surface area contributed by atoms with Crippen LogP contribution < -0.4 is 0 Å². The number of benzene rings is 1. The zero-order valence-electron chi connectivity index (χ0n) is 12.3. The second-order valence-corrected chi connectivity index (χ2v) is 5.30. The molecule has 1 amide bonds. The molecule has 0 aliphatic heterocycles. The first-order valence-electron chi connectivity index (χ1n) is 6.88. The van der Waals surface area contributed by atoms with Gasteiger partial charge in [-0.3, -0.25) is 9.78 Å². The number of hydrogen-bond donors (Lipinski definition) is 0. The van der Waals surface area contributed by atoms with E-state index in [-0.39, 0.29) is 12.5 Å². The van der Waals surface area contributed by atoms with E-state index in [1.165, 1.54) is 11.1 Å². The molecule has 116 valence electrons. The molecule has 0 N–H and O–H groups in total. The Balaban J connectivity index is 1.74. The lowest BCUT2D eigenvalue weighted by molar-refractivity contribution is 0.0769. The Morgan fingerprint density at radius 3 is 2.83 bits per heavy atom. The summed E-state index contributed by atoms with van der Waals surface area (Å²) in [6.45, 7) is 0.200. The van der Waals surface area contributed by atoms with Gasteiger partial charge in [-0.15, -0.1) is 0 Å². The minimum Gasteiger partial charge on any atom is -0.337 e. The summed E-state index contributed by atoms with van der Waals surface area (Å²) in [5.41, 5.74) is 1.19. The summed E-state index contributed by atoms with van der Waals surface area (Å²) in [6.07, 6.45) is 3.13. The Labute approximate surface area is 137 Å². The first-order valence-corrected chi connectivity index (χ1v) is 7.26. The summed E-state index contributed by atoms with van der Waals surface area (Å²) in [5.74, 6) is 0.558. The topological polar surface area (TPSA) is 72.1 Å². The number of carbonyl (C=O) groups is 1. The Morgan fingerprint density at radius 1 is 1.26 bits per heavy atom. The minimum atomic E-state index is -0.171. The van der Waals surface area contributed by atoms with Gasteiger partial charge in [-0.2, -0.15) is 4.98 Å². The van der Waals surface area contributed by atoms with Gasteiger partial charge in [0.25, 0.3) is 5.91 Å². The van der Waals surface area contributed by atoms with E-state index in [0.717, 1.165) is 0 Å². The van der Waals surface area contributed by atoms with Crippen molar-refractivity contribution in [3.63, 3.8) is 0 Å². The van der Waals surface area contributed by atoms with Crippen LogP contribution >= 0.6 is 11.6 Å². The van der Waals surface area contributed by atoms with Crippen molar-refractivity contribution in [2.75, 3.05) is 7.05 Å². The molecule has 0 atom stereocenters. The lowest BCUT2D eigenvalue weighted by Crippen LogP contribution is -2.26. The molecule has 0 fully saturated rings. The molecule has 1 aromatic carbocycles. The second-order valence-electron chi connectivity index (χ2n) is 4.89. The molecule has 6 nitrogen and oxygen atoms in total. The third-order valence-electron chi connectivity index (χ3n) is 3.21. The predicted octanol–water partition coefficient (Wildman–Crippen LogP) is 3.06. The van der Waals surface area contributed by atoms with Crippen LogP contribution in [0.15, 0.2) is 53.3 Å². The zero-order chi connectivity index (χ0) is 16.2. The molecular weight excluding hydrogens is 316 g/mol. The molecule has 0 unspecified atom stereocenters. The highest BCUT2D eigenvalue weighted by Gasteiger charge is 2.17. The maximum Gasteiger partial charge on any atom is 0.255 e. The van der Waals surface area contributed by atoms with Crippen molar-refractivity contribution in [1.82, 2.24) is 20.0 Å². The van der Waals surface area contributed by atoms with Crippen molar-refractivity contribution in [1.29, 1.82) is 0 Å². The van der Waals surface area contributed by atoms with Gasteiger partial charge in [0.15, 0.2) is 0 Å². The molecule has 3 aromatic rings. The number of carbonyl (C=O) groups excluding carboxylic acids is 1. The van der Waals surface area contributed by atoms with Crippen LogP contribution in [0, 0.1) is 0 Å². The van der Waals surface area contributed by atoms with E-state index in [2.05, 4.69) is 15.1 Å². The van der Waals surface area contributed by atoms with Gasteiger partial charge in [0, 0.05) is 25.0 Å². The minimum absolute atomic E-state index is 0.171. The van der Waals surface area contributed by atoms with Gasteiger partial charge < -0.3 is 9.42 Å². The molecule has 0 spiro atoms. The standard InChI is InChI=1S/C16H13ClN4O2/c1-21(16(22)11-5-4-8-18-9-11)10-14-19-15(20-23-14)12-6-2-3-7-13(12)17/h2-9H,10H2,1H3. The second kappa shape index (κ2) is 6.58. The van der Waals surface area contributed by atoms with Gasteiger partial charge in [0.05, 0.1) is 17.1 Å². The monoisotopic (exact) mass is 328 g/mol. The number of aromatic nitrogens is 3. The van der Waals surface area contributed by atoms with Crippen LogP contribution in [0.25, 0.3) is 11.4 Å². The molecule has 0 radical (unpaired) electrons. The van der Waals surface area contributed by atoms with Gasteiger partial charge in [-0.05, 0) is 24.3 Å². The lowest BCUT2D eigenvalue weighted by Gasteiger charge is -2.14. The number of nitrogens with zero attached hydrogens (tertiary/aromatic N) is 4. The Bertz CT molecular complexity index is 820. The average molecular weight is 329 g/mol. The van der Waals surface area contributed by atoms with Gasteiger partial charge in [-0.25, -0.2) is 0 Å². The Morgan fingerprint density at radius 2 is 2.09 bits per heavy atom. The fraction of sp³-hybridized carbons (Fsp3) is 0.125. The number of pyridine rings is 1. The van der Waals surface area contributed by atoms with Crippen LogP contribution in [0.5, 0.6) is 0 Å². The third-order valence-corrected chi connectivity index (χ3v) is 3.54. The van der Waals surface area contributed by atoms with Crippen LogP contribution in [0.3, 0.4) is 0 Å². The van der Waals surface area contributed by atoms with Crippen LogP contribution in [0.2, 0.25) is 5.02 Å². The number of amides is 1. The van der Waals surface area contributed by atoms with Gasteiger partial charge in [0.2, 0.25) is 11.7 Å². The average Bonchev–Trinajstić information content (AvgIpc) is 3.03. The molecule has 23 heavy (non-hydrogen) atoms. The highest BCUT2D eigenvalue weighted by Crippen LogP contribution is 2.25. The number of hydrogen-bond acceptors (Lipinski definition) is 5. The maximum absolute atomic E-state index is 12.3. The van der Waals surface area contributed by atoms with Gasteiger partial charge in [0.1, 0.15) is 0 Å². The van der Waals surface area contributed by atoms with Crippen LogP contribution in [-0.4, -0.2) is 33.0 Å². The van der Waals surface area contributed by atoms with E-state index >= 15 is 0 Å². The molecule has 0 bridgehead atoms. The number of halogens is 1. The van der Waals surface area contributed by atoms with E-state index in [1.807, 2.05) is 18.2 Å². The fourth-order valence-corrected chi connectivity index (χ4v) is 2.28. The highest BCUT2D eigenvalue weighted by atomic mass is 35.5. The van der Waals surface area contributed by atoms with E-state index in [1.54, 1.807) is 31.4 Å². The van der Waals surface area contributed by atoms with Crippen LogP contribution in [0.4, 0.5) is 0 Å². The van der Waals surface area contributed by atoms with Gasteiger partial charge in [-0.1, -0.05) is 28.9 Å². The van der Waals surface area contributed by atoms with Crippen molar-refractivity contribution in [2.45, 2.75) is 6.54 Å². The first-order chi connectivity index (χ1) is 11.1. The fourth-order valence-electron chi connectivity index (χ4n) is 2.06. The highest BCUT2D eigenvalue weighted by molar-refractivity contribution is 6.33. The van der Waals surface area contributed by atoms with Crippen molar-refractivity contribution >= 4 is 17.5 Å². The molecule has 0 aliphatic rings. The van der Waals surface area contributed by atoms with E-state index in [4.69, 9.17) is 16.1 Å². The summed E-state index contributed by atoms with van der Waals surface area (Å²) in [7, 11) is 1.66. The Hall–Kier alpha value is -2.73. The van der Waals surface area contributed by atoms with Gasteiger partial charge >= 0.3 is 0 Å². The van der Waals surface area contributed by atoms with Crippen molar-refractivity contribution < 1.29 is 9.32 Å². The summed E-state index contributed by atoms with van der Waals surface area (Å²) in [4.78, 5) is 22.0. The normalized spacial score (nSPS) is 10.5. The molecule has 0 saturated heterocycles. The molecule has 0 aliphatic carbocycles. The summed E-state index contributed by atoms with van der Waals surface area (Å²) in [5, 5.41) is 4.45. The molecule has 3 rings (SSSR count). The van der Waals surface area contributed by atoms with E-state index < -0.39 is 0 Å². The van der Waals surface area contributed by atoms with Crippen molar-refractivity contribution in [3.8, 4) is 11.4 Å². The molecule has 7 heteroatoms. The summed E-state index contributed by atoms with van der Waals surface area (Å²) < 4.78 is 5.20. The predicted molar refractivity (Wildman–Crippen MR) is 84.8 cm³/mol. The summed E-state index contributed by atoms with van der Waals surface area (Å²) in [6, 6.07) is 10.6. The smallest absolute Gasteiger partial charge is 0.255 e.